The number of anilines is 1. The minimum Gasteiger partial charge on any atom is -0.493 e. The lowest BCUT2D eigenvalue weighted by Crippen LogP contribution is -2.47. The van der Waals surface area contributed by atoms with Crippen molar-refractivity contribution < 1.29 is 28.5 Å². The SMILES string of the molecule is COC(=O)[C@H]1CN(C(=O)c2ccc(OCc3ccccc3)c(OC)c2)c2ccccc2O1. The zero-order valence-electron chi connectivity index (χ0n) is 17.8. The molecule has 3 aromatic rings. The molecule has 1 heterocycles. The largest absolute Gasteiger partial charge is 0.493 e. The Kier molecular flexibility index (Phi) is 6.26. The number of nitrogens with zero attached hydrogens (tertiary/aromatic N) is 1. The van der Waals surface area contributed by atoms with Gasteiger partial charge in [0.1, 0.15) is 12.4 Å². The van der Waals surface area contributed by atoms with Gasteiger partial charge in [0.2, 0.25) is 6.10 Å². The van der Waals surface area contributed by atoms with E-state index < -0.39 is 12.1 Å². The van der Waals surface area contributed by atoms with Gasteiger partial charge in [0, 0.05) is 5.56 Å². The molecular formula is C25H23NO6. The molecule has 1 atom stereocenters. The number of esters is 1. The van der Waals surface area contributed by atoms with E-state index in [4.69, 9.17) is 18.9 Å². The quantitative estimate of drug-likeness (QED) is 0.550. The van der Waals surface area contributed by atoms with E-state index in [0.717, 1.165) is 5.56 Å². The van der Waals surface area contributed by atoms with Crippen LogP contribution in [0.2, 0.25) is 0 Å². The van der Waals surface area contributed by atoms with Crippen LogP contribution in [0.1, 0.15) is 15.9 Å². The predicted molar refractivity (Wildman–Crippen MR) is 118 cm³/mol. The Balaban J connectivity index is 1.59. The number of para-hydroxylation sites is 2. The number of hydrogen-bond acceptors (Lipinski definition) is 6. The Bertz CT molecular complexity index is 1110. The Hall–Kier alpha value is -4.00. The van der Waals surface area contributed by atoms with E-state index in [0.29, 0.717) is 35.1 Å². The van der Waals surface area contributed by atoms with Crippen molar-refractivity contribution in [1.82, 2.24) is 0 Å². The third kappa shape index (κ3) is 4.37. The monoisotopic (exact) mass is 433 g/mol. The van der Waals surface area contributed by atoms with Crippen LogP contribution in [-0.4, -0.2) is 38.7 Å². The fraction of sp³-hybridized carbons (Fsp3) is 0.200. The fourth-order valence-electron chi connectivity index (χ4n) is 3.49. The van der Waals surface area contributed by atoms with E-state index in [9.17, 15) is 9.59 Å². The van der Waals surface area contributed by atoms with Crippen LogP contribution < -0.4 is 19.1 Å². The lowest BCUT2D eigenvalue weighted by atomic mass is 10.1. The summed E-state index contributed by atoms with van der Waals surface area (Å²) in [5.41, 5.74) is 2.00. The van der Waals surface area contributed by atoms with Gasteiger partial charge in [-0.3, -0.25) is 4.79 Å². The summed E-state index contributed by atoms with van der Waals surface area (Å²) in [5, 5.41) is 0. The number of rotatable bonds is 6. The van der Waals surface area contributed by atoms with Crippen LogP contribution >= 0.6 is 0 Å². The summed E-state index contributed by atoms with van der Waals surface area (Å²) >= 11 is 0. The zero-order chi connectivity index (χ0) is 22.5. The topological polar surface area (TPSA) is 74.3 Å². The molecular weight excluding hydrogens is 410 g/mol. The molecule has 0 fully saturated rings. The van der Waals surface area contributed by atoms with Crippen LogP contribution in [0.3, 0.4) is 0 Å². The van der Waals surface area contributed by atoms with Crippen molar-refractivity contribution in [3.8, 4) is 17.2 Å². The summed E-state index contributed by atoms with van der Waals surface area (Å²) in [6.45, 7) is 0.416. The summed E-state index contributed by atoms with van der Waals surface area (Å²) in [6.07, 6.45) is -0.908. The first kappa shape index (κ1) is 21.2. The summed E-state index contributed by atoms with van der Waals surface area (Å²) in [5.74, 6) is 0.583. The number of methoxy groups -OCH3 is 2. The molecule has 0 saturated carbocycles. The number of ether oxygens (including phenoxy) is 4. The highest BCUT2D eigenvalue weighted by Crippen LogP contribution is 2.35. The van der Waals surface area contributed by atoms with Crippen molar-refractivity contribution in [1.29, 1.82) is 0 Å². The number of benzene rings is 3. The van der Waals surface area contributed by atoms with Crippen LogP contribution in [0.4, 0.5) is 5.69 Å². The van der Waals surface area contributed by atoms with Crippen molar-refractivity contribution in [2.75, 3.05) is 25.7 Å². The molecule has 0 bridgehead atoms. The number of carbonyl (C=O) groups is 2. The molecule has 4 rings (SSSR count). The lowest BCUT2D eigenvalue weighted by molar-refractivity contribution is -0.148. The molecule has 0 aliphatic carbocycles. The van der Waals surface area contributed by atoms with Crippen LogP contribution in [0.5, 0.6) is 17.2 Å². The first-order chi connectivity index (χ1) is 15.6. The Labute approximate surface area is 186 Å². The highest BCUT2D eigenvalue weighted by atomic mass is 16.6. The molecule has 164 valence electrons. The van der Waals surface area contributed by atoms with E-state index in [1.54, 1.807) is 36.4 Å². The minimum absolute atomic E-state index is 0.0388. The van der Waals surface area contributed by atoms with Gasteiger partial charge in [-0.25, -0.2) is 4.79 Å². The van der Waals surface area contributed by atoms with E-state index in [2.05, 4.69) is 0 Å². The second-order valence-electron chi connectivity index (χ2n) is 7.15. The lowest BCUT2D eigenvalue weighted by Gasteiger charge is -2.33. The number of amides is 1. The average Bonchev–Trinajstić information content (AvgIpc) is 2.86. The third-order valence-corrected chi connectivity index (χ3v) is 5.13. The standard InChI is InChI=1S/C25H23NO6/c1-29-22-14-18(12-13-21(22)31-16-17-8-4-3-5-9-17)24(27)26-15-23(25(28)30-2)32-20-11-7-6-10-19(20)26/h3-14,23H,15-16H2,1-2H3/t23-/m1/s1. The van der Waals surface area contributed by atoms with Crippen LogP contribution in [-0.2, 0) is 16.1 Å². The van der Waals surface area contributed by atoms with Gasteiger partial charge in [-0.15, -0.1) is 0 Å². The van der Waals surface area contributed by atoms with E-state index >= 15 is 0 Å². The van der Waals surface area contributed by atoms with E-state index in [1.807, 2.05) is 36.4 Å². The third-order valence-electron chi connectivity index (χ3n) is 5.13. The maximum atomic E-state index is 13.4. The summed E-state index contributed by atoms with van der Waals surface area (Å²) in [7, 11) is 2.81. The molecule has 0 N–H and O–H groups in total. The molecule has 7 nitrogen and oxygen atoms in total. The van der Waals surface area contributed by atoms with Gasteiger partial charge in [-0.1, -0.05) is 42.5 Å². The van der Waals surface area contributed by atoms with Gasteiger partial charge in [-0.05, 0) is 35.9 Å². The fourth-order valence-corrected chi connectivity index (χ4v) is 3.49. The van der Waals surface area contributed by atoms with Crippen molar-refractivity contribution in [2.24, 2.45) is 0 Å². The zero-order valence-corrected chi connectivity index (χ0v) is 17.8. The molecule has 0 aromatic heterocycles. The van der Waals surface area contributed by atoms with Crippen molar-refractivity contribution in [3.63, 3.8) is 0 Å². The van der Waals surface area contributed by atoms with Gasteiger partial charge in [0.05, 0.1) is 26.5 Å². The molecule has 0 spiro atoms. The smallest absolute Gasteiger partial charge is 0.348 e. The summed E-state index contributed by atoms with van der Waals surface area (Å²) in [4.78, 5) is 27.0. The van der Waals surface area contributed by atoms with Gasteiger partial charge in [0.15, 0.2) is 11.5 Å². The van der Waals surface area contributed by atoms with Crippen molar-refractivity contribution in [2.45, 2.75) is 12.7 Å². The first-order valence-corrected chi connectivity index (χ1v) is 10.1. The molecule has 0 saturated heterocycles. The normalized spacial score (nSPS) is 14.7. The average molecular weight is 433 g/mol. The van der Waals surface area contributed by atoms with Gasteiger partial charge in [0.25, 0.3) is 5.91 Å². The van der Waals surface area contributed by atoms with Crippen molar-refractivity contribution in [3.05, 3.63) is 83.9 Å². The minimum atomic E-state index is -0.908. The molecule has 32 heavy (non-hydrogen) atoms. The van der Waals surface area contributed by atoms with Gasteiger partial charge < -0.3 is 23.8 Å². The van der Waals surface area contributed by atoms with Gasteiger partial charge in [-0.2, -0.15) is 0 Å². The molecule has 3 aromatic carbocycles. The first-order valence-electron chi connectivity index (χ1n) is 10.1. The molecule has 1 amide bonds. The maximum absolute atomic E-state index is 13.4. The van der Waals surface area contributed by atoms with Crippen molar-refractivity contribution >= 4 is 17.6 Å². The van der Waals surface area contributed by atoms with E-state index in [1.165, 1.54) is 19.1 Å². The molecule has 1 aliphatic heterocycles. The second kappa shape index (κ2) is 9.43. The number of fused-ring (bicyclic) bond motifs is 1. The molecule has 0 radical (unpaired) electrons. The molecule has 7 heteroatoms. The Morgan fingerprint density at radius 1 is 0.969 bits per heavy atom. The highest BCUT2D eigenvalue weighted by Gasteiger charge is 2.35. The maximum Gasteiger partial charge on any atom is 0.348 e. The molecule has 0 unspecified atom stereocenters. The van der Waals surface area contributed by atoms with Crippen LogP contribution in [0, 0.1) is 0 Å². The summed E-state index contributed by atoms with van der Waals surface area (Å²) < 4.78 is 21.9. The van der Waals surface area contributed by atoms with Crippen LogP contribution in [0.25, 0.3) is 0 Å². The number of hydrogen-bond donors (Lipinski definition) is 0. The number of carbonyl (C=O) groups excluding carboxylic acids is 2. The highest BCUT2D eigenvalue weighted by molar-refractivity contribution is 6.08. The second-order valence-corrected chi connectivity index (χ2v) is 7.15. The van der Waals surface area contributed by atoms with Crippen LogP contribution in [0.15, 0.2) is 72.8 Å². The predicted octanol–water partition coefficient (Wildman–Crippen LogP) is 3.86. The Morgan fingerprint density at radius 3 is 2.47 bits per heavy atom. The summed E-state index contributed by atoms with van der Waals surface area (Å²) in [6, 6.07) is 21.9. The van der Waals surface area contributed by atoms with Gasteiger partial charge >= 0.3 is 5.97 Å². The Morgan fingerprint density at radius 2 is 1.72 bits per heavy atom. The van der Waals surface area contributed by atoms with E-state index in [-0.39, 0.29) is 12.5 Å². The molecule has 1 aliphatic rings.